The van der Waals surface area contributed by atoms with Gasteiger partial charge in [-0.25, -0.2) is 4.98 Å². The molecule has 0 spiro atoms. The van der Waals surface area contributed by atoms with Gasteiger partial charge in [0.15, 0.2) is 5.16 Å². The Kier molecular flexibility index (Phi) is 5.90. The number of fused-ring (bicyclic) bond motifs is 3. The van der Waals surface area contributed by atoms with Gasteiger partial charge in [0, 0.05) is 22.6 Å². The molecule has 0 bridgehead atoms. The first-order valence-corrected chi connectivity index (χ1v) is 12.5. The van der Waals surface area contributed by atoms with Crippen LogP contribution in [0.15, 0.2) is 63.9 Å². The van der Waals surface area contributed by atoms with Crippen LogP contribution in [-0.4, -0.2) is 31.3 Å². The fourth-order valence-corrected chi connectivity index (χ4v) is 5.54. The molecule has 0 aliphatic carbocycles. The first-order chi connectivity index (χ1) is 16.1. The van der Waals surface area contributed by atoms with Gasteiger partial charge in [-0.2, -0.15) is 0 Å². The van der Waals surface area contributed by atoms with Gasteiger partial charge in [-0.05, 0) is 18.2 Å². The highest BCUT2D eigenvalue weighted by Crippen LogP contribution is 2.27. The molecular formula is C24H23N5O2S2. The van der Waals surface area contributed by atoms with E-state index in [4.69, 9.17) is 9.72 Å². The second kappa shape index (κ2) is 8.99. The summed E-state index contributed by atoms with van der Waals surface area (Å²) in [6.45, 7) is 4.63. The average Bonchev–Trinajstić information content (AvgIpc) is 3.48. The number of hydrogen-bond acceptors (Lipinski definition) is 7. The molecule has 9 heteroatoms. The molecule has 5 aromatic rings. The first kappa shape index (κ1) is 21.7. The number of aromatic nitrogens is 5. The normalized spacial score (nSPS) is 11.6. The Morgan fingerprint density at radius 3 is 2.67 bits per heavy atom. The fourth-order valence-electron chi connectivity index (χ4n) is 3.77. The molecule has 33 heavy (non-hydrogen) atoms. The standard InChI is InChI=1S/C24H23N5O2S2/c1-15(2)21-25-17(13-32-21)14-33-24-27-26-23-28(12-16-8-4-7-11-20(16)31-3)22(30)18-9-5-6-10-19(18)29(23)24/h4-11,13,15H,12,14H2,1-3H3. The van der Waals surface area contributed by atoms with Crippen LogP contribution in [0.1, 0.15) is 36.0 Å². The maximum Gasteiger partial charge on any atom is 0.263 e. The van der Waals surface area contributed by atoms with Crippen molar-refractivity contribution in [3.05, 3.63) is 80.5 Å². The summed E-state index contributed by atoms with van der Waals surface area (Å²) < 4.78 is 9.13. The number of para-hydroxylation sites is 2. The molecule has 0 radical (unpaired) electrons. The van der Waals surface area contributed by atoms with E-state index >= 15 is 0 Å². The smallest absolute Gasteiger partial charge is 0.263 e. The molecule has 3 aromatic heterocycles. The van der Waals surface area contributed by atoms with Crippen molar-refractivity contribution in [3.8, 4) is 5.75 Å². The molecule has 0 amide bonds. The van der Waals surface area contributed by atoms with Crippen LogP contribution in [0.3, 0.4) is 0 Å². The van der Waals surface area contributed by atoms with Gasteiger partial charge in [0.25, 0.3) is 5.56 Å². The quantitative estimate of drug-likeness (QED) is 0.308. The number of benzene rings is 2. The highest BCUT2D eigenvalue weighted by Gasteiger charge is 2.18. The zero-order valence-electron chi connectivity index (χ0n) is 18.6. The summed E-state index contributed by atoms with van der Waals surface area (Å²) in [6, 6.07) is 15.3. The maximum absolute atomic E-state index is 13.4. The molecule has 0 saturated carbocycles. The number of thiazole rings is 1. The average molecular weight is 478 g/mol. The molecule has 0 fully saturated rings. The molecule has 2 aromatic carbocycles. The Morgan fingerprint density at radius 2 is 1.88 bits per heavy atom. The van der Waals surface area contributed by atoms with Gasteiger partial charge in [0.1, 0.15) is 5.75 Å². The maximum atomic E-state index is 13.4. The van der Waals surface area contributed by atoms with Gasteiger partial charge in [-0.1, -0.05) is 55.9 Å². The van der Waals surface area contributed by atoms with Gasteiger partial charge in [0.05, 0.1) is 35.3 Å². The summed E-state index contributed by atoms with van der Waals surface area (Å²) in [5.74, 6) is 2.34. The highest BCUT2D eigenvalue weighted by molar-refractivity contribution is 7.98. The third kappa shape index (κ3) is 4.02. The van der Waals surface area contributed by atoms with E-state index in [0.29, 0.717) is 29.4 Å². The topological polar surface area (TPSA) is 74.3 Å². The largest absolute Gasteiger partial charge is 0.496 e. The summed E-state index contributed by atoms with van der Waals surface area (Å²) in [6.07, 6.45) is 0. The third-order valence-electron chi connectivity index (χ3n) is 5.41. The number of rotatable bonds is 7. The zero-order chi connectivity index (χ0) is 22.9. The predicted molar refractivity (Wildman–Crippen MR) is 133 cm³/mol. The van der Waals surface area contributed by atoms with Gasteiger partial charge < -0.3 is 4.74 Å². The minimum absolute atomic E-state index is 0.103. The van der Waals surface area contributed by atoms with Crippen molar-refractivity contribution < 1.29 is 4.74 Å². The number of methoxy groups -OCH3 is 1. The van der Waals surface area contributed by atoms with E-state index in [9.17, 15) is 4.79 Å². The van der Waals surface area contributed by atoms with Crippen LogP contribution in [-0.2, 0) is 12.3 Å². The van der Waals surface area contributed by atoms with Crippen molar-refractivity contribution in [3.63, 3.8) is 0 Å². The Hall–Kier alpha value is -3.17. The Bertz CT molecular complexity index is 1500. The molecule has 0 atom stereocenters. The van der Waals surface area contributed by atoms with Gasteiger partial charge in [-0.15, -0.1) is 21.5 Å². The summed E-state index contributed by atoms with van der Waals surface area (Å²) in [4.78, 5) is 18.2. The zero-order valence-corrected chi connectivity index (χ0v) is 20.2. The molecule has 0 N–H and O–H groups in total. The molecular weight excluding hydrogens is 454 g/mol. The van der Waals surface area contributed by atoms with Crippen molar-refractivity contribution in [1.82, 2.24) is 24.1 Å². The predicted octanol–water partition coefficient (Wildman–Crippen LogP) is 4.97. The number of nitrogens with zero attached hydrogens (tertiary/aromatic N) is 5. The highest BCUT2D eigenvalue weighted by atomic mass is 32.2. The SMILES string of the molecule is COc1ccccc1Cn1c(=O)c2ccccc2n2c(SCc3csc(C(C)C)n3)nnc12. The van der Waals surface area contributed by atoms with Gasteiger partial charge >= 0.3 is 0 Å². The van der Waals surface area contributed by atoms with E-state index in [1.165, 1.54) is 0 Å². The molecule has 0 aliphatic heterocycles. The van der Waals surface area contributed by atoms with Crippen LogP contribution in [0.25, 0.3) is 16.7 Å². The van der Waals surface area contributed by atoms with Crippen LogP contribution in [0.5, 0.6) is 5.75 Å². The van der Waals surface area contributed by atoms with Crippen molar-refractivity contribution in [2.24, 2.45) is 0 Å². The van der Waals surface area contributed by atoms with Crippen molar-refractivity contribution in [2.75, 3.05) is 7.11 Å². The lowest BCUT2D eigenvalue weighted by molar-refractivity contribution is 0.408. The van der Waals surface area contributed by atoms with E-state index in [0.717, 1.165) is 32.7 Å². The van der Waals surface area contributed by atoms with Crippen molar-refractivity contribution >= 4 is 39.8 Å². The number of thioether (sulfide) groups is 1. The fraction of sp³-hybridized carbons (Fsp3) is 0.250. The second-order valence-corrected chi connectivity index (χ2v) is 9.79. The Morgan fingerprint density at radius 1 is 1.09 bits per heavy atom. The van der Waals surface area contributed by atoms with Gasteiger partial charge in [-0.3, -0.25) is 13.8 Å². The van der Waals surface area contributed by atoms with E-state index < -0.39 is 0 Å². The molecule has 168 valence electrons. The lowest BCUT2D eigenvalue weighted by Crippen LogP contribution is -2.24. The van der Waals surface area contributed by atoms with Crippen molar-refractivity contribution in [1.29, 1.82) is 0 Å². The third-order valence-corrected chi connectivity index (χ3v) is 7.57. The monoisotopic (exact) mass is 477 g/mol. The second-order valence-electron chi connectivity index (χ2n) is 7.96. The summed E-state index contributed by atoms with van der Waals surface area (Å²) >= 11 is 3.26. The Labute approximate surface area is 199 Å². The summed E-state index contributed by atoms with van der Waals surface area (Å²) in [5, 5.41) is 13.5. The van der Waals surface area contributed by atoms with Crippen LogP contribution in [0, 0.1) is 0 Å². The van der Waals surface area contributed by atoms with E-state index in [1.54, 1.807) is 34.8 Å². The van der Waals surface area contributed by atoms with Gasteiger partial charge in [0.2, 0.25) is 5.78 Å². The number of hydrogen-bond donors (Lipinski definition) is 0. The Balaban J connectivity index is 1.60. The first-order valence-electron chi connectivity index (χ1n) is 10.6. The molecule has 5 rings (SSSR count). The lowest BCUT2D eigenvalue weighted by Gasteiger charge is -2.13. The molecule has 3 heterocycles. The van der Waals surface area contributed by atoms with Crippen LogP contribution >= 0.6 is 23.1 Å². The minimum Gasteiger partial charge on any atom is -0.496 e. The van der Waals surface area contributed by atoms with E-state index in [-0.39, 0.29) is 5.56 Å². The number of ether oxygens (including phenoxy) is 1. The van der Waals surface area contributed by atoms with E-state index in [2.05, 4.69) is 29.4 Å². The molecule has 0 aliphatic rings. The van der Waals surface area contributed by atoms with E-state index in [1.807, 2.05) is 52.9 Å². The van der Waals surface area contributed by atoms with Crippen LogP contribution in [0.2, 0.25) is 0 Å². The summed E-state index contributed by atoms with van der Waals surface area (Å²) in [7, 11) is 1.63. The lowest BCUT2D eigenvalue weighted by atomic mass is 10.2. The minimum atomic E-state index is -0.103. The molecule has 7 nitrogen and oxygen atoms in total. The van der Waals surface area contributed by atoms with Crippen LogP contribution < -0.4 is 10.3 Å². The van der Waals surface area contributed by atoms with Crippen molar-refractivity contribution in [2.45, 2.75) is 37.2 Å². The molecule has 0 saturated heterocycles. The molecule has 0 unspecified atom stereocenters. The van der Waals surface area contributed by atoms with Crippen LogP contribution in [0.4, 0.5) is 0 Å². The summed E-state index contributed by atoms with van der Waals surface area (Å²) in [5.41, 5.74) is 2.62.